The van der Waals surface area contributed by atoms with Gasteiger partial charge in [0.15, 0.2) is 11.1 Å². The number of fused-ring (bicyclic) bond motifs is 1. The van der Waals surface area contributed by atoms with Crippen molar-refractivity contribution in [2.24, 2.45) is 5.18 Å². The minimum Gasteiger partial charge on any atom is -0.304 e. The number of rotatable bonds is 3. The van der Waals surface area contributed by atoms with Gasteiger partial charge in [-0.05, 0) is 17.3 Å². The van der Waals surface area contributed by atoms with Crippen molar-refractivity contribution < 1.29 is 8.76 Å². The normalized spacial score (nSPS) is 15.0. The third kappa shape index (κ3) is 1.94. The summed E-state index contributed by atoms with van der Waals surface area (Å²) in [6.45, 7) is 0. The van der Waals surface area contributed by atoms with Crippen LogP contribution in [0.2, 0.25) is 0 Å². The molecule has 7 heteroatoms. The fraction of sp³-hybridized carbons (Fsp3) is 0.125. The number of para-hydroxylation sites is 1. The topological polar surface area (TPSA) is 79.6 Å². The van der Waals surface area contributed by atoms with Crippen molar-refractivity contribution >= 4 is 32.6 Å². The van der Waals surface area contributed by atoms with E-state index in [2.05, 4.69) is 10.2 Å². The molecule has 2 atom stereocenters. The molecule has 78 valence electrons. The number of aromatic nitrogens is 1. The zero-order chi connectivity index (χ0) is 10.8. The Morgan fingerprint density at radius 2 is 2.20 bits per heavy atom. The zero-order valence-electron chi connectivity index (χ0n) is 7.36. The molecule has 15 heavy (non-hydrogen) atoms. The number of hydrogen-bond acceptors (Lipinski definition) is 5. The average Bonchev–Trinajstić information content (AvgIpc) is 2.61. The monoisotopic (exact) mass is 242 g/mol. The molecule has 0 saturated heterocycles. The summed E-state index contributed by atoms with van der Waals surface area (Å²) in [6.07, 6.45) is 0. The van der Waals surface area contributed by atoms with Crippen LogP contribution in [0.5, 0.6) is 0 Å². The SMILES string of the molecule is O=NC(c1nc2ccccc2s1)S(=O)O. The number of thiazole rings is 1. The highest BCUT2D eigenvalue weighted by molar-refractivity contribution is 7.79. The molecule has 1 N–H and O–H groups in total. The van der Waals surface area contributed by atoms with Crippen LogP contribution in [0.15, 0.2) is 29.4 Å². The van der Waals surface area contributed by atoms with E-state index >= 15 is 0 Å². The van der Waals surface area contributed by atoms with E-state index < -0.39 is 16.5 Å². The maximum atomic E-state index is 10.8. The predicted octanol–water partition coefficient (Wildman–Crippen LogP) is 2.28. The zero-order valence-corrected chi connectivity index (χ0v) is 8.99. The lowest BCUT2D eigenvalue weighted by atomic mass is 10.3. The maximum absolute atomic E-state index is 10.8. The van der Waals surface area contributed by atoms with E-state index in [0.717, 1.165) is 4.70 Å². The minimum absolute atomic E-state index is 0.270. The van der Waals surface area contributed by atoms with E-state index in [1.165, 1.54) is 11.3 Å². The van der Waals surface area contributed by atoms with Gasteiger partial charge in [0.25, 0.3) is 0 Å². The van der Waals surface area contributed by atoms with Crippen LogP contribution in [-0.2, 0) is 11.1 Å². The summed E-state index contributed by atoms with van der Waals surface area (Å²) < 4.78 is 20.5. The highest BCUT2D eigenvalue weighted by Gasteiger charge is 2.22. The Labute approximate surface area is 91.4 Å². The van der Waals surface area contributed by atoms with E-state index in [4.69, 9.17) is 4.55 Å². The van der Waals surface area contributed by atoms with Crippen LogP contribution in [0.4, 0.5) is 0 Å². The standard InChI is InChI=1S/C8H6N2O3S2/c11-10-8(15(12)13)7-9-5-3-1-2-4-6(5)14-7/h1-4,8H,(H,12,13). The van der Waals surface area contributed by atoms with Crippen LogP contribution in [0.25, 0.3) is 10.2 Å². The Kier molecular flexibility index (Phi) is 2.85. The van der Waals surface area contributed by atoms with E-state index in [9.17, 15) is 9.12 Å². The van der Waals surface area contributed by atoms with Gasteiger partial charge in [-0.15, -0.1) is 16.2 Å². The van der Waals surface area contributed by atoms with Crippen LogP contribution in [0.3, 0.4) is 0 Å². The average molecular weight is 242 g/mol. The largest absolute Gasteiger partial charge is 0.304 e. The molecule has 5 nitrogen and oxygen atoms in total. The predicted molar refractivity (Wildman–Crippen MR) is 58.9 cm³/mol. The van der Waals surface area contributed by atoms with Crippen LogP contribution in [-0.4, -0.2) is 13.7 Å². The molecule has 2 unspecified atom stereocenters. The Morgan fingerprint density at radius 3 is 2.80 bits per heavy atom. The van der Waals surface area contributed by atoms with Crippen molar-refractivity contribution in [3.8, 4) is 0 Å². The van der Waals surface area contributed by atoms with E-state index in [-0.39, 0.29) is 5.01 Å². The van der Waals surface area contributed by atoms with Gasteiger partial charge in [0.2, 0.25) is 5.37 Å². The molecule has 0 spiro atoms. The first-order chi connectivity index (χ1) is 7.22. The lowest BCUT2D eigenvalue weighted by molar-refractivity contribution is 0.551. The second kappa shape index (κ2) is 4.13. The highest BCUT2D eigenvalue weighted by atomic mass is 32.2. The maximum Gasteiger partial charge on any atom is 0.243 e. The Balaban J connectivity index is 2.52. The third-order valence-corrected chi connectivity index (χ3v) is 3.74. The van der Waals surface area contributed by atoms with Crippen LogP contribution >= 0.6 is 11.3 Å². The molecule has 2 rings (SSSR count). The molecular formula is C8H6N2O3S2. The summed E-state index contributed by atoms with van der Waals surface area (Å²) in [6, 6.07) is 7.25. The number of nitroso groups, excluding NO2 is 1. The first-order valence-electron chi connectivity index (χ1n) is 4.00. The smallest absolute Gasteiger partial charge is 0.243 e. The van der Waals surface area contributed by atoms with Gasteiger partial charge in [-0.2, -0.15) is 0 Å². The van der Waals surface area contributed by atoms with Gasteiger partial charge < -0.3 is 4.55 Å². The van der Waals surface area contributed by atoms with Gasteiger partial charge in [0, 0.05) is 0 Å². The fourth-order valence-electron chi connectivity index (χ4n) is 1.16. The molecule has 2 aromatic rings. The van der Waals surface area contributed by atoms with Gasteiger partial charge in [-0.3, -0.25) is 0 Å². The highest BCUT2D eigenvalue weighted by Crippen LogP contribution is 2.29. The van der Waals surface area contributed by atoms with Crippen LogP contribution in [0, 0.1) is 4.91 Å². The molecule has 1 aromatic carbocycles. The molecule has 0 aliphatic heterocycles. The van der Waals surface area contributed by atoms with Gasteiger partial charge in [-0.1, -0.05) is 12.1 Å². The Morgan fingerprint density at radius 1 is 1.47 bits per heavy atom. The molecule has 0 aliphatic carbocycles. The van der Waals surface area contributed by atoms with Crippen molar-refractivity contribution in [3.63, 3.8) is 0 Å². The first kappa shape index (κ1) is 10.3. The van der Waals surface area contributed by atoms with Gasteiger partial charge >= 0.3 is 0 Å². The van der Waals surface area contributed by atoms with Gasteiger partial charge in [-0.25, -0.2) is 9.19 Å². The molecule has 0 radical (unpaired) electrons. The molecule has 0 amide bonds. The molecule has 1 aromatic heterocycles. The Hall–Kier alpha value is -1.18. The molecule has 1 heterocycles. The summed E-state index contributed by atoms with van der Waals surface area (Å²) in [5.74, 6) is 0. The fourth-order valence-corrected chi connectivity index (χ4v) is 2.73. The van der Waals surface area contributed by atoms with Gasteiger partial charge in [0.05, 0.1) is 10.2 Å². The van der Waals surface area contributed by atoms with Crippen molar-refractivity contribution in [2.75, 3.05) is 0 Å². The second-order valence-electron chi connectivity index (χ2n) is 2.75. The molecule has 0 saturated carbocycles. The summed E-state index contributed by atoms with van der Waals surface area (Å²) in [7, 11) is 0. The summed E-state index contributed by atoms with van der Waals surface area (Å²) in [4.78, 5) is 14.5. The number of hydrogen-bond donors (Lipinski definition) is 1. The number of benzene rings is 1. The molecule has 0 fully saturated rings. The summed E-state index contributed by atoms with van der Waals surface area (Å²) in [5.41, 5.74) is 0.705. The van der Waals surface area contributed by atoms with Gasteiger partial charge in [0.1, 0.15) is 5.01 Å². The van der Waals surface area contributed by atoms with Crippen LogP contribution < -0.4 is 0 Å². The summed E-state index contributed by atoms with van der Waals surface area (Å²) >= 11 is -1.11. The van der Waals surface area contributed by atoms with Crippen molar-refractivity contribution in [2.45, 2.75) is 5.37 Å². The van der Waals surface area contributed by atoms with Crippen molar-refractivity contribution in [1.29, 1.82) is 0 Å². The number of nitrogens with zero attached hydrogens (tertiary/aromatic N) is 2. The Bertz CT molecular complexity index is 492. The van der Waals surface area contributed by atoms with Crippen molar-refractivity contribution in [3.05, 3.63) is 34.2 Å². The lowest BCUT2D eigenvalue weighted by Gasteiger charge is -1.97. The van der Waals surface area contributed by atoms with E-state index in [1.807, 2.05) is 18.2 Å². The quantitative estimate of drug-likeness (QED) is 0.661. The minimum atomic E-state index is -2.31. The summed E-state index contributed by atoms with van der Waals surface area (Å²) in [5, 5.41) is 1.58. The van der Waals surface area contributed by atoms with Crippen LogP contribution in [0.1, 0.15) is 10.4 Å². The van der Waals surface area contributed by atoms with E-state index in [1.54, 1.807) is 6.07 Å². The third-order valence-electron chi connectivity index (χ3n) is 1.81. The van der Waals surface area contributed by atoms with E-state index in [0.29, 0.717) is 5.52 Å². The first-order valence-corrected chi connectivity index (χ1v) is 5.98. The second-order valence-corrected chi connectivity index (χ2v) is 4.81. The molecular weight excluding hydrogens is 236 g/mol. The molecule has 0 bridgehead atoms. The lowest BCUT2D eigenvalue weighted by Crippen LogP contribution is -2.00. The molecule has 0 aliphatic rings. The van der Waals surface area contributed by atoms with Crippen molar-refractivity contribution in [1.82, 2.24) is 4.98 Å².